The van der Waals surface area contributed by atoms with Crippen molar-refractivity contribution < 1.29 is 4.79 Å². The number of thioether (sulfide) groups is 1. The van der Waals surface area contributed by atoms with Crippen LogP contribution in [0.25, 0.3) is 0 Å². The maximum absolute atomic E-state index is 11.8. The third-order valence-corrected chi connectivity index (χ3v) is 3.43. The van der Waals surface area contributed by atoms with Crippen LogP contribution in [0.4, 0.5) is 5.82 Å². The summed E-state index contributed by atoms with van der Waals surface area (Å²) in [6, 6.07) is 1.84. The Hall–Kier alpha value is -0.970. The van der Waals surface area contributed by atoms with Gasteiger partial charge in [-0.25, -0.2) is 4.68 Å². The first-order chi connectivity index (χ1) is 8.28. The van der Waals surface area contributed by atoms with Gasteiger partial charge < -0.3 is 5.32 Å². The Labute approximate surface area is 114 Å². The number of anilines is 1. The van der Waals surface area contributed by atoms with Crippen molar-refractivity contribution in [2.75, 3.05) is 11.1 Å². The van der Waals surface area contributed by atoms with Gasteiger partial charge in [-0.3, -0.25) is 4.79 Å². The molecule has 0 saturated heterocycles. The largest absolute Gasteiger partial charge is 0.310 e. The van der Waals surface area contributed by atoms with E-state index in [1.807, 2.05) is 10.7 Å². The van der Waals surface area contributed by atoms with E-state index in [-0.39, 0.29) is 10.7 Å². The monoisotopic (exact) mass is 269 g/mol. The summed E-state index contributed by atoms with van der Waals surface area (Å²) >= 11 is 1.64. The maximum atomic E-state index is 11.8. The fraction of sp³-hybridized carbons (Fsp3) is 0.692. The number of nitrogens with one attached hydrogen (secondary N) is 1. The van der Waals surface area contributed by atoms with Crippen LogP contribution in [0.3, 0.4) is 0 Å². The minimum absolute atomic E-state index is 0.0282. The maximum Gasteiger partial charge on any atom is 0.235 e. The van der Waals surface area contributed by atoms with E-state index < -0.39 is 0 Å². The Morgan fingerprint density at radius 3 is 2.72 bits per heavy atom. The van der Waals surface area contributed by atoms with Gasteiger partial charge in [0, 0.05) is 17.4 Å². The Morgan fingerprint density at radius 2 is 2.17 bits per heavy atom. The number of aromatic nitrogens is 2. The summed E-state index contributed by atoms with van der Waals surface area (Å²) in [6.45, 7) is 11.4. The van der Waals surface area contributed by atoms with Gasteiger partial charge in [-0.1, -0.05) is 34.6 Å². The van der Waals surface area contributed by atoms with Gasteiger partial charge in [0.2, 0.25) is 5.91 Å². The van der Waals surface area contributed by atoms with Crippen LogP contribution in [0.2, 0.25) is 0 Å². The topological polar surface area (TPSA) is 46.9 Å². The third-order valence-electron chi connectivity index (χ3n) is 2.16. The molecule has 0 saturated carbocycles. The molecular formula is C13H23N3OS. The minimum Gasteiger partial charge on any atom is -0.310 e. The van der Waals surface area contributed by atoms with Crippen LogP contribution < -0.4 is 5.32 Å². The van der Waals surface area contributed by atoms with E-state index in [4.69, 9.17) is 0 Å². The van der Waals surface area contributed by atoms with Crippen LogP contribution in [-0.4, -0.2) is 26.2 Å². The predicted molar refractivity (Wildman–Crippen MR) is 77.9 cm³/mol. The summed E-state index contributed by atoms with van der Waals surface area (Å²) in [5.74, 6) is 1.78. The molecule has 5 heteroatoms. The molecule has 0 atom stereocenters. The predicted octanol–water partition coefficient (Wildman–Crippen LogP) is 3.01. The second kappa shape index (κ2) is 6.27. The van der Waals surface area contributed by atoms with Gasteiger partial charge >= 0.3 is 0 Å². The fourth-order valence-corrected chi connectivity index (χ4v) is 2.03. The lowest BCUT2D eigenvalue weighted by Crippen LogP contribution is -2.21. The summed E-state index contributed by atoms with van der Waals surface area (Å²) in [5, 5.41) is 7.12. The summed E-state index contributed by atoms with van der Waals surface area (Å²) in [5.41, 5.74) is 0. The summed E-state index contributed by atoms with van der Waals surface area (Å²) in [7, 11) is 0. The van der Waals surface area contributed by atoms with Crippen LogP contribution in [0.5, 0.6) is 0 Å². The zero-order valence-corrected chi connectivity index (χ0v) is 12.7. The Bertz CT molecular complexity index is 393. The van der Waals surface area contributed by atoms with Gasteiger partial charge in [0.25, 0.3) is 0 Å². The highest BCUT2D eigenvalue weighted by molar-refractivity contribution is 8.01. The lowest BCUT2D eigenvalue weighted by molar-refractivity contribution is -0.113. The number of carbonyl (C=O) groups is 1. The molecule has 0 radical (unpaired) electrons. The molecule has 1 amide bonds. The van der Waals surface area contributed by atoms with Crippen LogP contribution in [0.1, 0.15) is 34.6 Å². The van der Waals surface area contributed by atoms with E-state index in [0.717, 1.165) is 12.4 Å². The Balaban J connectivity index is 2.52. The molecule has 0 aromatic carbocycles. The normalized spacial score (nSPS) is 11.9. The SMILES string of the molecule is CC(C)Cn1nccc1NC(=O)CSC(C)(C)C. The van der Waals surface area contributed by atoms with E-state index in [9.17, 15) is 4.79 Å². The Kier molecular flexibility index (Phi) is 5.26. The lowest BCUT2D eigenvalue weighted by Gasteiger charge is -2.17. The van der Waals surface area contributed by atoms with Crippen molar-refractivity contribution in [3.63, 3.8) is 0 Å². The van der Waals surface area contributed by atoms with E-state index in [1.54, 1.807) is 18.0 Å². The average molecular weight is 269 g/mol. The first-order valence-corrected chi connectivity index (χ1v) is 7.22. The first kappa shape index (κ1) is 15.1. The van der Waals surface area contributed by atoms with E-state index in [2.05, 4.69) is 45.0 Å². The number of rotatable bonds is 5. The van der Waals surface area contributed by atoms with Crippen LogP contribution in [0, 0.1) is 5.92 Å². The molecule has 0 aliphatic carbocycles. The summed E-state index contributed by atoms with van der Waals surface area (Å²) in [4.78, 5) is 11.8. The molecule has 0 bridgehead atoms. The van der Waals surface area contributed by atoms with Crippen molar-refractivity contribution in [2.45, 2.75) is 45.9 Å². The van der Waals surface area contributed by atoms with Gasteiger partial charge in [-0.2, -0.15) is 5.10 Å². The van der Waals surface area contributed by atoms with Crippen LogP contribution in [0.15, 0.2) is 12.3 Å². The number of hydrogen-bond donors (Lipinski definition) is 1. The zero-order valence-electron chi connectivity index (χ0n) is 11.9. The van der Waals surface area contributed by atoms with Crippen molar-refractivity contribution in [3.8, 4) is 0 Å². The second-order valence-corrected chi connectivity index (χ2v) is 7.54. The summed E-state index contributed by atoms with van der Waals surface area (Å²) in [6.07, 6.45) is 1.72. The van der Waals surface area contributed by atoms with Gasteiger partial charge in [0.15, 0.2) is 0 Å². The smallest absolute Gasteiger partial charge is 0.235 e. The van der Waals surface area contributed by atoms with Crippen molar-refractivity contribution in [1.29, 1.82) is 0 Å². The van der Waals surface area contributed by atoms with Gasteiger partial charge in [0.05, 0.1) is 11.9 Å². The molecule has 0 aliphatic rings. The highest BCUT2D eigenvalue weighted by atomic mass is 32.2. The van der Waals surface area contributed by atoms with Crippen molar-refractivity contribution in [2.24, 2.45) is 5.92 Å². The van der Waals surface area contributed by atoms with Gasteiger partial charge in [-0.15, -0.1) is 11.8 Å². The number of hydrogen-bond acceptors (Lipinski definition) is 3. The van der Waals surface area contributed by atoms with Gasteiger partial charge in [-0.05, 0) is 5.92 Å². The molecule has 1 N–H and O–H groups in total. The van der Waals surface area contributed by atoms with E-state index in [1.165, 1.54) is 0 Å². The highest BCUT2D eigenvalue weighted by Gasteiger charge is 2.14. The standard InChI is InChI=1S/C13H23N3OS/c1-10(2)8-16-11(6-7-14-16)15-12(17)9-18-13(3,4)5/h6-7,10H,8-9H2,1-5H3,(H,15,17). The fourth-order valence-electron chi connectivity index (χ4n) is 1.39. The molecule has 0 spiro atoms. The molecule has 0 fully saturated rings. The molecule has 1 aromatic rings. The zero-order chi connectivity index (χ0) is 13.8. The molecule has 1 aromatic heterocycles. The van der Waals surface area contributed by atoms with E-state index in [0.29, 0.717) is 11.7 Å². The molecule has 4 nitrogen and oxygen atoms in total. The van der Waals surface area contributed by atoms with Crippen molar-refractivity contribution in [1.82, 2.24) is 9.78 Å². The van der Waals surface area contributed by atoms with Crippen LogP contribution in [-0.2, 0) is 11.3 Å². The van der Waals surface area contributed by atoms with Crippen LogP contribution >= 0.6 is 11.8 Å². The molecular weight excluding hydrogens is 246 g/mol. The quantitative estimate of drug-likeness (QED) is 0.894. The molecule has 18 heavy (non-hydrogen) atoms. The molecule has 1 rings (SSSR count). The van der Waals surface area contributed by atoms with Crippen molar-refractivity contribution >= 4 is 23.5 Å². The molecule has 1 heterocycles. The van der Waals surface area contributed by atoms with E-state index >= 15 is 0 Å². The first-order valence-electron chi connectivity index (χ1n) is 6.23. The summed E-state index contributed by atoms with van der Waals surface area (Å²) < 4.78 is 1.94. The van der Waals surface area contributed by atoms with Crippen molar-refractivity contribution in [3.05, 3.63) is 12.3 Å². The lowest BCUT2D eigenvalue weighted by atomic mass is 10.2. The highest BCUT2D eigenvalue weighted by Crippen LogP contribution is 2.23. The third kappa shape index (κ3) is 5.58. The minimum atomic E-state index is 0.0282. The average Bonchev–Trinajstić information content (AvgIpc) is 2.61. The number of nitrogens with zero attached hydrogens (tertiary/aromatic N) is 2. The number of carbonyl (C=O) groups excluding carboxylic acids is 1. The molecule has 102 valence electrons. The Morgan fingerprint density at radius 1 is 1.50 bits per heavy atom. The molecule has 0 unspecified atom stereocenters. The second-order valence-electron chi connectivity index (χ2n) is 5.74. The van der Waals surface area contributed by atoms with Gasteiger partial charge in [0.1, 0.15) is 5.82 Å². The number of amides is 1. The molecule has 0 aliphatic heterocycles.